The van der Waals surface area contributed by atoms with Gasteiger partial charge in [0.05, 0.1) is 28.3 Å². The van der Waals surface area contributed by atoms with Crippen molar-refractivity contribution < 1.29 is 4.74 Å². The van der Waals surface area contributed by atoms with Gasteiger partial charge in [0.15, 0.2) is 0 Å². The van der Waals surface area contributed by atoms with E-state index in [1.165, 1.54) is 0 Å². The van der Waals surface area contributed by atoms with Gasteiger partial charge < -0.3 is 15.0 Å². The lowest BCUT2D eigenvalue weighted by Gasteiger charge is -2.28. The fraction of sp³-hybridized carbons (Fsp3) is 0.562. The van der Waals surface area contributed by atoms with Crippen LogP contribution in [0.15, 0.2) is 18.2 Å². The van der Waals surface area contributed by atoms with E-state index >= 15 is 0 Å². The topological polar surface area (TPSA) is 49.9 Å². The van der Waals surface area contributed by atoms with Crippen molar-refractivity contribution in [3.63, 3.8) is 0 Å². The molecule has 0 spiro atoms. The molecular weight excluding hydrogens is 250 g/mol. The minimum Gasteiger partial charge on any atom is -0.379 e. The Morgan fingerprint density at radius 1 is 1.30 bits per heavy atom. The standard InChI is InChI=1S/C16H23N3O/c1-10-17-12-7-6-11(8-13(12)18-10)19-14-9-15(2,3)20-16(14,4)5/h6-8,14,19H,9H2,1-5H3,(H,17,18). The van der Waals surface area contributed by atoms with Gasteiger partial charge in [-0.05, 0) is 59.2 Å². The molecule has 0 amide bonds. The molecule has 1 aromatic heterocycles. The maximum Gasteiger partial charge on any atom is 0.104 e. The average Bonchev–Trinajstić information content (AvgIpc) is 2.74. The van der Waals surface area contributed by atoms with Gasteiger partial charge in [-0.25, -0.2) is 4.98 Å². The fourth-order valence-electron chi connectivity index (χ4n) is 3.22. The molecule has 108 valence electrons. The van der Waals surface area contributed by atoms with E-state index in [1.54, 1.807) is 0 Å². The van der Waals surface area contributed by atoms with Crippen molar-refractivity contribution in [1.29, 1.82) is 0 Å². The van der Waals surface area contributed by atoms with Crippen LogP contribution in [0.25, 0.3) is 11.0 Å². The van der Waals surface area contributed by atoms with Gasteiger partial charge in [0.2, 0.25) is 0 Å². The molecule has 1 aromatic carbocycles. The summed E-state index contributed by atoms with van der Waals surface area (Å²) in [6.45, 7) is 10.6. The number of H-pyrrole nitrogens is 1. The average molecular weight is 273 g/mol. The highest BCUT2D eigenvalue weighted by Gasteiger charge is 2.45. The molecule has 2 aromatic rings. The molecule has 0 aliphatic carbocycles. The molecule has 4 heteroatoms. The van der Waals surface area contributed by atoms with Crippen molar-refractivity contribution in [2.75, 3.05) is 5.32 Å². The van der Waals surface area contributed by atoms with Crippen LogP contribution in [-0.4, -0.2) is 27.2 Å². The number of ether oxygens (including phenoxy) is 1. The molecule has 2 heterocycles. The van der Waals surface area contributed by atoms with Crippen molar-refractivity contribution in [2.45, 2.75) is 58.3 Å². The molecule has 0 bridgehead atoms. The number of aromatic nitrogens is 2. The number of aryl methyl sites for hydroxylation is 1. The van der Waals surface area contributed by atoms with Crippen LogP contribution in [0, 0.1) is 6.92 Å². The third-order valence-electron chi connectivity index (χ3n) is 4.02. The largest absolute Gasteiger partial charge is 0.379 e. The van der Waals surface area contributed by atoms with Crippen LogP contribution in [0.2, 0.25) is 0 Å². The number of fused-ring (bicyclic) bond motifs is 1. The minimum absolute atomic E-state index is 0.0736. The van der Waals surface area contributed by atoms with Crippen molar-refractivity contribution in [2.24, 2.45) is 0 Å². The Labute approximate surface area is 119 Å². The molecule has 20 heavy (non-hydrogen) atoms. The third-order valence-corrected chi connectivity index (χ3v) is 4.02. The summed E-state index contributed by atoms with van der Waals surface area (Å²) in [5.41, 5.74) is 2.96. The predicted octanol–water partition coefficient (Wildman–Crippen LogP) is 3.63. The third kappa shape index (κ3) is 2.40. The molecule has 2 N–H and O–H groups in total. The number of benzene rings is 1. The van der Waals surface area contributed by atoms with E-state index in [4.69, 9.17) is 4.74 Å². The van der Waals surface area contributed by atoms with E-state index in [-0.39, 0.29) is 11.2 Å². The Hall–Kier alpha value is -1.55. The molecule has 1 saturated heterocycles. The van der Waals surface area contributed by atoms with Gasteiger partial charge in [-0.3, -0.25) is 0 Å². The number of nitrogens with one attached hydrogen (secondary N) is 2. The highest BCUT2D eigenvalue weighted by molar-refractivity contribution is 5.79. The van der Waals surface area contributed by atoms with E-state index in [1.807, 2.05) is 6.92 Å². The molecule has 1 unspecified atom stereocenters. The first-order valence-electron chi connectivity index (χ1n) is 7.18. The number of nitrogens with zero attached hydrogens (tertiary/aromatic N) is 1. The molecule has 3 rings (SSSR count). The Balaban J connectivity index is 1.85. The first-order valence-corrected chi connectivity index (χ1v) is 7.18. The summed E-state index contributed by atoms with van der Waals surface area (Å²) in [6, 6.07) is 6.56. The first-order chi connectivity index (χ1) is 9.25. The van der Waals surface area contributed by atoms with E-state index in [2.05, 4.69) is 61.2 Å². The molecule has 1 atom stereocenters. The Morgan fingerprint density at radius 2 is 2.05 bits per heavy atom. The molecule has 0 radical (unpaired) electrons. The molecule has 1 aliphatic rings. The lowest BCUT2D eigenvalue weighted by Crippen LogP contribution is -2.38. The quantitative estimate of drug-likeness (QED) is 0.878. The number of hydrogen-bond acceptors (Lipinski definition) is 3. The van der Waals surface area contributed by atoms with Gasteiger partial charge in [0.1, 0.15) is 5.82 Å². The summed E-state index contributed by atoms with van der Waals surface area (Å²) < 4.78 is 6.13. The number of anilines is 1. The molecule has 1 aliphatic heterocycles. The minimum atomic E-state index is -0.164. The highest BCUT2D eigenvalue weighted by atomic mass is 16.5. The Kier molecular flexibility index (Phi) is 2.83. The highest BCUT2D eigenvalue weighted by Crippen LogP contribution is 2.39. The van der Waals surface area contributed by atoms with Gasteiger partial charge in [-0.1, -0.05) is 0 Å². The van der Waals surface area contributed by atoms with Crippen molar-refractivity contribution >= 4 is 16.7 Å². The summed E-state index contributed by atoms with van der Waals surface area (Å²) in [5, 5.41) is 3.62. The van der Waals surface area contributed by atoms with Crippen LogP contribution in [0.3, 0.4) is 0 Å². The van der Waals surface area contributed by atoms with Crippen molar-refractivity contribution in [3.05, 3.63) is 24.0 Å². The van der Waals surface area contributed by atoms with Gasteiger partial charge in [-0.15, -0.1) is 0 Å². The SMILES string of the molecule is Cc1nc2ccc(NC3CC(C)(C)OC3(C)C)cc2[nH]1. The maximum atomic E-state index is 6.13. The summed E-state index contributed by atoms with van der Waals surface area (Å²) in [6.07, 6.45) is 1.00. The molecule has 0 saturated carbocycles. The summed E-state index contributed by atoms with van der Waals surface area (Å²) in [5.74, 6) is 0.947. The van der Waals surface area contributed by atoms with Crippen molar-refractivity contribution in [3.8, 4) is 0 Å². The number of aromatic amines is 1. The summed E-state index contributed by atoms with van der Waals surface area (Å²) in [4.78, 5) is 7.71. The van der Waals surface area contributed by atoms with Gasteiger partial charge in [-0.2, -0.15) is 0 Å². The Morgan fingerprint density at radius 3 is 2.70 bits per heavy atom. The van der Waals surface area contributed by atoms with Crippen LogP contribution in [0.4, 0.5) is 5.69 Å². The second-order valence-corrected chi connectivity index (χ2v) is 6.92. The lowest BCUT2D eigenvalue weighted by molar-refractivity contribution is -0.0662. The number of imidazole rings is 1. The van der Waals surface area contributed by atoms with Gasteiger partial charge in [0, 0.05) is 5.69 Å². The summed E-state index contributed by atoms with van der Waals surface area (Å²) in [7, 11) is 0. The lowest BCUT2D eigenvalue weighted by atomic mass is 9.94. The zero-order valence-electron chi connectivity index (χ0n) is 12.9. The van der Waals surface area contributed by atoms with Crippen LogP contribution in [0.1, 0.15) is 39.9 Å². The van der Waals surface area contributed by atoms with E-state index in [0.717, 1.165) is 29.0 Å². The predicted molar refractivity (Wildman–Crippen MR) is 82.1 cm³/mol. The van der Waals surface area contributed by atoms with E-state index < -0.39 is 0 Å². The van der Waals surface area contributed by atoms with Gasteiger partial charge in [0.25, 0.3) is 0 Å². The number of rotatable bonds is 2. The summed E-state index contributed by atoms with van der Waals surface area (Å²) >= 11 is 0. The van der Waals surface area contributed by atoms with Crippen molar-refractivity contribution in [1.82, 2.24) is 9.97 Å². The second-order valence-electron chi connectivity index (χ2n) is 6.92. The smallest absolute Gasteiger partial charge is 0.104 e. The van der Waals surface area contributed by atoms with Gasteiger partial charge >= 0.3 is 0 Å². The molecular formula is C16H23N3O. The first kappa shape index (κ1) is 13.4. The maximum absolute atomic E-state index is 6.13. The zero-order chi connectivity index (χ0) is 14.5. The zero-order valence-corrected chi connectivity index (χ0v) is 12.9. The van der Waals surface area contributed by atoms with Crippen LogP contribution in [-0.2, 0) is 4.74 Å². The van der Waals surface area contributed by atoms with E-state index in [0.29, 0.717) is 6.04 Å². The van der Waals surface area contributed by atoms with E-state index in [9.17, 15) is 0 Å². The van der Waals surface area contributed by atoms with Crippen LogP contribution < -0.4 is 5.32 Å². The second kappa shape index (κ2) is 4.22. The van der Waals surface area contributed by atoms with Crippen LogP contribution >= 0.6 is 0 Å². The normalized spacial score (nSPS) is 24.1. The molecule has 4 nitrogen and oxygen atoms in total. The van der Waals surface area contributed by atoms with Crippen LogP contribution in [0.5, 0.6) is 0 Å². The monoisotopic (exact) mass is 273 g/mol. The fourth-order valence-corrected chi connectivity index (χ4v) is 3.22. The number of hydrogen-bond donors (Lipinski definition) is 2. The Bertz CT molecular complexity index is 642. The molecule has 1 fully saturated rings.